The third-order valence-corrected chi connectivity index (χ3v) is 4.15. The first-order chi connectivity index (χ1) is 11.2. The number of ether oxygens (including phenoxy) is 3. The SMILES string of the molecule is COC(=O)C1CCCN1C(=O)c1ccc(OC2CCOC2)nc1. The lowest BCUT2D eigenvalue weighted by Gasteiger charge is -2.22. The van der Waals surface area contributed by atoms with Crippen LogP contribution in [0.4, 0.5) is 0 Å². The molecule has 0 bridgehead atoms. The minimum atomic E-state index is -0.501. The molecule has 1 aromatic rings. The Labute approximate surface area is 134 Å². The number of rotatable bonds is 4. The summed E-state index contributed by atoms with van der Waals surface area (Å²) in [4.78, 5) is 30.0. The van der Waals surface area contributed by atoms with Crippen LogP contribution in [0.25, 0.3) is 0 Å². The van der Waals surface area contributed by atoms with Gasteiger partial charge in [0.05, 0.1) is 25.9 Å². The molecule has 0 saturated carbocycles. The van der Waals surface area contributed by atoms with Crippen LogP contribution in [0.1, 0.15) is 29.6 Å². The van der Waals surface area contributed by atoms with Crippen LogP contribution in [0.2, 0.25) is 0 Å². The summed E-state index contributed by atoms with van der Waals surface area (Å²) in [5.74, 6) is -0.103. The standard InChI is InChI=1S/C16H20N2O5/c1-21-16(20)13-3-2-7-18(13)15(19)11-4-5-14(17-9-11)23-12-6-8-22-10-12/h4-5,9,12-13H,2-3,6-8,10H2,1H3. The number of pyridine rings is 1. The number of esters is 1. The number of carbonyl (C=O) groups excluding carboxylic acids is 2. The molecule has 2 atom stereocenters. The van der Waals surface area contributed by atoms with E-state index >= 15 is 0 Å². The maximum atomic E-state index is 12.6. The van der Waals surface area contributed by atoms with Crippen molar-refractivity contribution in [2.24, 2.45) is 0 Å². The van der Waals surface area contributed by atoms with Crippen molar-refractivity contribution in [1.82, 2.24) is 9.88 Å². The van der Waals surface area contributed by atoms with Gasteiger partial charge >= 0.3 is 5.97 Å². The number of aromatic nitrogens is 1. The van der Waals surface area contributed by atoms with E-state index in [2.05, 4.69) is 4.98 Å². The van der Waals surface area contributed by atoms with Crippen molar-refractivity contribution < 1.29 is 23.8 Å². The summed E-state index contributed by atoms with van der Waals surface area (Å²) in [6, 6.07) is 2.85. The smallest absolute Gasteiger partial charge is 0.328 e. The summed E-state index contributed by atoms with van der Waals surface area (Å²) >= 11 is 0. The molecule has 23 heavy (non-hydrogen) atoms. The maximum absolute atomic E-state index is 12.6. The van der Waals surface area contributed by atoms with Crippen LogP contribution >= 0.6 is 0 Å². The van der Waals surface area contributed by atoms with Crippen LogP contribution in [0.3, 0.4) is 0 Å². The van der Waals surface area contributed by atoms with Gasteiger partial charge in [0.2, 0.25) is 5.88 Å². The zero-order chi connectivity index (χ0) is 16.2. The van der Waals surface area contributed by atoms with E-state index < -0.39 is 6.04 Å². The van der Waals surface area contributed by atoms with Gasteiger partial charge in [0.1, 0.15) is 12.1 Å². The molecule has 1 amide bonds. The van der Waals surface area contributed by atoms with Crippen LogP contribution in [0, 0.1) is 0 Å². The average Bonchev–Trinajstić information content (AvgIpc) is 3.25. The van der Waals surface area contributed by atoms with Gasteiger partial charge in [-0.15, -0.1) is 0 Å². The zero-order valence-corrected chi connectivity index (χ0v) is 13.1. The van der Waals surface area contributed by atoms with E-state index in [4.69, 9.17) is 14.2 Å². The number of hydrogen-bond donors (Lipinski definition) is 0. The maximum Gasteiger partial charge on any atom is 0.328 e. The molecule has 124 valence electrons. The fourth-order valence-electron chi connectivity index (χ4n) is 2.91. The second-order valence-electron chi connectivity index (χ2n) is 5.67. The molecule has 3 rings (SSSR count). The van der Waals surface area contributed by atoms with Crippen LogP contribution in [-0.2, 0) is 14.3 Å². The molecule has 2 aliphatic rings. The molecule has 7 heteroatoms. The molecular weight excluding hydrogens is 300 g/mol. The molecule has 2 fully saturated rings. The van der Waals surface area contributed by atoms with Crippen LogP contribution < -0.4 is 4.74 Å². The minimum Gasteiger partial charge on any atom is -0.472 e. The number of methoxy groups -OCH3 is 1. The molecule has 0 radical (unpaired) electrons. The molecule has 2 saturated heterocycles. The summed E-state index contributed by atoms with van der Waals surface area (Å²) in [6.07, 6.45) is 3.78. The van der Waals surface area contributed by atoms with Crippen molar-refractivity contribution in [3.05, 3.63) is 23.9 Å². The van der Waals surface area contributed by atoms with Crippen molar-refractivity contribution in [1.29, 1.82) is 0 Å². The van der Waals surface area contributed by atoms with Crippen molar-refractivity contribution >= 4 is 11.9 Å². The zero-order valence-electron chi connectivity index (χ0n) is 13.1. The Hall–Kier alpha value is -2.15. The molecule has 0 aliphatic carbocycles. The fourth-order valence-corrected chi connectivity index (χ4v) is 2.91. The van der Waals surface area contributed by atoms with Crippen LogP contribution in [0.15, 0.2) is 18.3 Å². The molecule has 3 heterocycles. The van der Waals surface area contributed by atoms with Gasteiger partial charge in [-0.25, -0.2) is 9.78 Å². The van der Waals surface area contributed by atoms with Gasteiger partial charge < -0.3 is 19.1 Å². The van der Waals surface area contributed by atoms with Crippen molar-refractivity contribution in [2.75, 3.05) is 26.9 Å². The van der Waals surface area contributed by atoms with Crippen molar-refractivity contribution in [3.8, 4) is 5.88 Å². The first-order valence-electron chi connectivity index (χ1n) is 7.78. The van der Waals surface area contributed by atoms with Crippen LogP contribution in [-0.4, -0.2) is 60.8 Å². The highest BCUT2D eigenvalue weighted by Gasteiger charge is 2.35. The molecule has 2 unspecified atom stereocenters. The molecule has 7 nitrogen and oxygen atoms in total. The Kier molecular flexibility index (Phi) is 4.76. The van der Waals surface area contributed by atoms with Gasteiger partial charge in [0, 0.05) is 25.2 Å². The van der Waals surface area contributed by atoms with E-state index in [-0.39, 0.29) is 18.0 Å². The lowest BCUT2D eigenvalue weighted by atomic mass is 10.2. The van der Waals surface area contributed by atoms with E-state index in [1.807, 2.05) is 0 Å². The van der Waals surface area contributed by atoms with E-state index in [0.717, 1.165) is 12.8 Å². The number of nitrogens with zero attached hydrogens (tertiary/aromatic N) is 2. The van der Waals surface area contributed by atoms with Crippen molar-refractivity contribution in [2.45, 2.75) is 31.4 Å². The molecule has 2 aliphatic heterocycles. The summed E-state index contributed by atoms with van der Waals surface area (Å²) in [5.41, 5.74) is 0.441. The summed E-state index contributed by atoms with van der Waals surface area (Å²) in [6.45, 7) is 1.82. The Morgan fingerprint density at radius 1 is 1.35 bits per heavy atom. The quantitative estimate of drug-likeness (QED) is 0.771. The number of carbonyl (C=O) groups is 2. The monoisotopic (exact) mass is 320 g/mol. The Bertz CT molecular complexity index is 568. The fraction of sp³-hybridized carbons (Fsp3) is 0.562. The second kappa shape index (κ2) is 6.95. The largest absolute Gasteiger partial charge is 0.472 e. The lowest BCUT2D eigenvalue weighted by Crippen LogP contribution is -2.41. The minimum absolute atomic E-state index is 0.0198. The van der Waals surface area contributed by atoms with Gasteiger partial charge in [-0.3, -0.25) is 4.79 Å². The predicted molar refractivity (Wildman–Crippen MR) is 80.2 cm³/mol. The van der Waals surface area contributed by atoms with Gasteiger partial charge in [-0.2, -0.15) is 0 Å². The van der Waals surface area contributed by atoms with E-state index in [0.29, 0.717) is 37.6 Å². The number of likely N-dealkylation sites (tertiary alicyclic amines) is 1. The van der Waals surface area contributed by atoms with Crippen molar-refractivity contribution in [3.63, 3.8) is 0 Å². The third-order valence-electron chi connectivity index (χ3n) is 4.15. The van der Waals surface area contributed by atoms with Gasteiger partial charge in [0.15, 0.2) is 0 Å². The lowest BCUT2D eigenvalue weighted by molar-refractivity contribution is -0.145. The molecule has 0 aromatic carbocycles. The molecule has 0 N–H and O–H groups in total. The van der Waals surface area contributed by atoms with E-state index in [1.54, 1.807) is 17.0 Å². The summed E-state index contributed by atoms with van der Waals surface area (Å²) in [5, 5.41) is 0. The average molecular weight is 320 g/mol. The van der Waals surface area contributed by atoms with Gasteiger partial charge in [-0.05, 0) is 18.9 Å². The summed E-state index contributed by atoms with van der Waals surface area (Å²) < 4.78 is 15.7. The van der Waals surface area contributed by atoms with E-state index in [9.17, 15) is 9.59 Å². The first kappa shape index (κ1) is 15.7. The first-order valence-corrected chi connectivity index (χ1v) is 7.78. The summed E-state index contributed by atoms with van der Waals surface area (Å²) in [7, 11) is 1.34. The highest BCUT2D eigenvalue weighted by molar-refractivity contribution is 5.96. The Morgan fingerprint density at radius 3 is 2.87 bits per heavy atom. The Balaban J connectivity index is 1.66. The highest BCUT2D eigenvalue weighted by Crippen LogP contribution is 2.22. The Morgan fingerprint density at radius 2 is 2.22 bits per heavy atom. The second-order valence-corrected chi connectivity index (χ2v) is 5.67. The third kappa shape index (κ3) is 3.44. The topological polar surface area (TPSA) is 78.0 Å². The highest BCUT2D eigenvalue weighted by atomic mass is 16.5. The van der Waals surface area contributed by atoms with Gasteiger partial charge in [0.25, 0.3) is 5.91 Å². The van der Waals surface area contributed by atoms with Crippen LogP contribution in [0.5, 0.6) is 5.88 Å². The van der Waals surface area contributed by atoms with E-state index in [1.165, 1.54) is 13.3 Å². The van der Waals surface area contributed by atoms with Gasteiger partial charge in [-0.1, -0.05) is 0 Å². The predicted octanol–water partition coefficient (Wildman–Crippen LogP) is 1.03. The molecular formula is C16H20N2O5. The normalized spacial score (nSPS) is 23.8. The molecule has 1 aromatic heterocycles. The number of hydrogen-bond acceptors (Lipinski definition) is 6. The number of amides is 1. The molecule has 0 spiro atoms.